The van der Waals surface area contributed by atoms with Gasteiger partial charge in [0.25, 0.3) is 5.91 Å². The third-order valence-corrected chi connectivity index (χ3v) is 5.70. The standard InChI is InChI=1S/C23H27N3O2/c1-15-3-5-17(6-4-15)19-13-16(2)26(14-19)23(28)25-21-9-7-18(8-10-21)22(27)24-20-11-12-20/h3-10,16,19-20H,11-14H2,1-2H3,(H,24,27)(H,25,28). The fourth-order valence-corrected chi connectivity index (χ4v) is 3.79. The minimum atomic E-state index is -0.0858. The van der Waals surface area contributed by atoms with Crippen LogP contribution in [-0.2, 0) is 0 Å². The van der Waals surface area contributed by atoms with Crippen molar-refractivity contribution in [2.75, 3.05) is 11.9 Å². The zero-order chi connectivity index (χ0) is 19.7. The van der Waals surface area contributed by atoms with E-state index in [9.17, 15) is 9.59 Å². The van der Waals surface area contributed by atoms with Crippen LogP contribution in [0.5, 0.6) is 0 Å². The van der Waals surface area contributed by atoms with Gasteiger partial charge in [-0.05, 0) is 62.9 Å². The predicted molar refractivity (Wildman–Crippen MR) is 111 cm³/mol. The van der Waals surface area contributed by atoms with Crippen LogP contribution in [0.4, 0.5) is 10.5 Å². The van der Waals surface area contributed by atoms with Crippen LogP contribution in [-0.4, -0.2) is 35.5 Å². The number of aryl methyl sites for hydroxylation is 1. The van der Waals surface area contributed by atoms with E-state index in [4.69, 9.17) is 0 Å². The molecular weight excluding hydrogens is 350 g/mol. The first-order valence-corrected chi connectivity index (χ1v) is 10.0. The highest BCUT2D eigenvalue weighted by molar-refractivity contribution is 5.96. The summed E-state index contributed by atoms with van der Waals surface area (Å²) in [6, 6.07) is 16.1. The summed E-state index contributed by atoms with van der Waals surface area (Å²) in [6.07, 6.45) is 3.10. The number of hydrogen-bond acceptors (Lipinski definition) is 2. The van der Waals surface area contributed by atoms with Crippen molar-refractivity contribution in [2.45, 2.75) is 51.1 Å². The third kappa shape index (κ3) is 4.19. The van der Waals surface area contributed by atoms with E-state index in [1.807, 2.05) is 4.90 Å². The molecule has 1 aliphatic heterocycles. The average Bonchev–Trinajstić information content (AvgIpc) is 3.41. The van der Waals surface area contributed by atoms with Crippen molar-refractivity contribution in [1.29, 1.82) is 0 Å². The molecule has 2 unspecified atom stereocenters. The van der Waals surface area contributed by atoms with Crippen LogP contribution in [0.25, 0.3) is 0 Å². The highest BCUT2D eigenvalue weighted by Crippen LogP contribution is 2.32. The minimum absolute atomic E-state index is 0.0468. The van der Waals surface area contributed by atoms with E-state index in [0.717, 1.165) is 25.8 Å². The molecule has 0 aromatic heterocycles. The molecule has 3 amide bonds. The third-order valence-electron chi connectivity index (χ3n) is 5.70. The van der Waals surface area contributed by atoms with E-state index in [2.05, 4.69) is 48.7 Å². The van der Waals surface area contributed by atoms with E-state index in [-0.39, 0.29) is 18.0 Å². The van der Waals surface area contributed by atoms with Crippen molar-refractivity contribution in [3.8, 4) is 0 Å². The number of amides is 3. The average molecular weight is 377 g/mol. The Morgan fingerprint density at radius 3 is 2.32 bits per heavy atom. The number of likely N-dealkylation sites (tertiary alicyclic amines) is 1. The summed E-state index contributed by atoms with van der Waals surface area (Å²) in [4.78, 5) is 26.7. The number of rotatable bonds is 4. The number of carbonyl (C=O) groups is 2. The Bertz CT molecular complexity index is 856. The molecule has 28 heavy (non-hydrogen) atoms. The van der Waals surface area contributed by atoms with Crippen molar-refractivity contribution >= 4 is 17.6 Å². The van der Waals surface area contributed by atoms with Gasteiger partial charge in [0, 0.05) is 35.8 Å². The molecule has 5 nitrogen and oxygen atoms in total. The number of nitrogens with one attached hydrogen (secondary N) is 2. The molecule has 1 aliphatic carbocycles. The Balaban J connectivity index is 1.36. The maximum atomic E-state index is 12.8. The molecule has 2 fully saturated rings. The quantitative estimate of drug-likeness (QED) is 0.835. The summed E-state index contributed by atoms with van der Waals surface area (Å²) in [6.45, 7) is 4.90. The molecule has 2 aromatic carbocycles. The summed E-state index contributed by atoms with van der Waals surface area (Å²) in [5.41, 5.74) is 3.87. The zero-order valence-electron chi connectivity index (χ0n) is 16.4. The van der Waals surface area contributed by atoms with Gasteiger partial charge in [-0.1, -0.05) is 29.8 Å². The van der Waals surface area contributed by atoms with Gasteiger partial charge in [0.05, 0.1) is 0 Å². The smallest absolute Gasteiger partial charge is 0.322 e. The fraction of sp³-hybridized carbons (Fsp3) is 0.391. The van der Waals surface area contributed by atoms with Crippen LogP contribution in [0.1, 0.15) is 53.6 Å². The van der Waals surface area contributed by atoms with Gasteiger partial charge in [-0.3, -0.25) is 4.79 Å². The molecule has 4 rings (SSSR count). The molecule has 2 N–H and O–H groups in total. The molecule has 2 atom stereocenters. The van der Waals surface area contributed by atoms with Crippen LogP contribution in [0, 0.1) is 6.92 Å². The van der Waals surface area contributed by atoms with Gasteiger partial charge in [0.2, 0.25) is 0 Å². The van der Waals surface area contributed by atoms with Crippen LogP contribution in [0.15, 0.2) is 48.5 Å². The number of carbonyl (C=O) groups excluding carboxylic acids is 2. The molecule has 146 valence electrons. The summed E-state index contributed by atoms with van der Waals surface area (Å²) >= 11 is 0. The predicted octanol–water partition coefficient (Wildman–Crippen LogP) is 4.30. The lowest BCUT2D eigenvalue weighted by molar-refractivity contribution is 0.0951. The van der Waals surface area contributed by atoms with Gasteiger partial charge in [0.15, 0.2) is 0 Å². The van der Waals surface area contributed by atoms with E-state index in [0.29, 0.717) is 23.2 Å². The van der Waals surface area contributed by atoms with Crippen molar-refractivity contribution in [3.63, 3.8) is 0 Å². The lowest BCUT2D eigenvalue weighted by atomic mass is 9.96. The number of benzene rings is 2. The number of anilines is 1. The number of hydrogen-bond donors (Lipinski definition) is 2. The fourth-order valence-electron chi connectivity index (χ4n) is 3.79. The van der Waals surface area contributed by atoms with Crippen LogP contribution < -0.4 is 10.6 Å². The van der Waals surface area contributed by atoms with Crippen molar-refractivity contribution < 1.29 is 9.59 Å². The molecule has 5 heteroatoms. The first-order chi connectivity index (χ1) is 13.5. The Morgan fingerprint density at radius 2 is 1.68 bits per heavy atom. The highest BCUT2D eigenvalue weighted by Gasteiger charge is 2.33. The van der Waals surface area contributed by atoms with Crippen molar-refractivity contribution in [3.05, 3.63) is 65.2 Å². The van der Waals surface area contributed by atoms with Gasteiger partial charge in [-0.15, -0.1) is 0 Å². The molecule has 0 bridgehead atoms. The van der Waals surface area contributed by atoms with Crippen molar-refractivity contribution in [1.82, 2.24) is 10.2 Å². The van der Waals surface area contributed by atoms with Gasteiger partial charge in [-0.25, -0.2) is 4.79 Å². The Hall–Kier alpha value is -2.82. The second-order valence-corrected chi connectivity index (χ2v) is 8.10. The molecular formula is C23H27N3O2. The van der Waals surface area contributed by atoms with E-state index in [1.165, 1.54) is 11.1 Å². The molecule has 1 saturated heterocycles. The Morgan fingerprint density at radius 1 is 1.00 bits per heavy atom. The molecule has 1 heterocycles. The SMILES string of the molecule is Cc1ccc(C2CC(C)N(C(=O)Nc3ccc(C(=O)NC4CC4)cc3)C2)cc1. The van der Waals surface area contributed by atoms with Crippen LogP contribution in [0.2, 0.25) is 0 Å². The van der Waals surface area contributed by atoms with Gasteiger partial charge in [0.1, 0.15) is 0 Å². The lowest BCUT2D eigenvalue weighted by Crippen LogP contribution is -2.37. The summed E-state index contributed by atoms with van der Waals surface area (Å²) < 4.78 is 0. The maximum absolute atomic E-state index is 12.8. The summed E-state index contributed by atoms with van der Waals surface area (Å²) in [7, 11) is 0. The first-order valence-electron chi connectivity index (χ1n) is 10.0. The second-order valence-electron chi connectivity index (χ2n) is 8.10. The zero-order valence-corrected chi connectivity index (χ0v) is 16.4. The molecule has 0 radical (unpaired) electrons. The van der Waals surface area contributed by atoms with Gasteiger partial charge >= 0.3 is 6.03 Å². The van der Waals surface area contributed by atoms with E-state index < -0.39 is 0 Å². The molecule has 2 aliphatic rings. The number of nitrogens with zero attached hydrogens (tertiary/aromatic N) is 1. The molecule has 1 saturated carbocycles. The van der Waals surface area contributed by atoms with E-state index >= 15 is 0 Å². The minimum Gasteiger partial charge on any atom is -0.349 e. The normalized spacial score (nSPS) is 21.4. The van der Waals surface area contributed by atoms with Gasteiger partial charge in [-0.2, -0.15) is 0 Å². The topological polar surface area (TPSA) is 61.4 Å². The largest absolute Gasteiger partial charge is 0.349 e. The van der Waals surface area contributed by atoms with Gasteiger partial charge < -0.3 is 15.5 Å². The maximum Gasteiger partial charge on any atom is 0.322 e. The summed E-state index contributed by atoms with van der Waals surface area (Å²) in [5, 5.41) is 5.94. The second kappa shape index (κ2) is 7.66. The first kappa shape index (κ1) is 18.5. The monoisotopic (exact) mass is 377 g/mol. The molecule has 2 aromatic rings. The number of urea groups is 1. The Kier molecular flexibility index (Phi) is 5.07. The summed E-state index contributed by atoms with van der Waals surface area (Å²) in [5.74, 6) is 0.323. The van der Waals surface area contributed by atoms with Crippen LogP contribution >= 0.6 is 0 Å². The highest BCUT2D eigenvalue weighted by atomic mass is 16.2. The Labute approximate surface area is 166 Å². The van der Waals surface area contributed by atoms with Crippen LogP contribution in [0.3, 0.4) is 0 Å². The van der Waals surface area contributed by atoms with E-state index in [1.54, 1.807) is 24.3 Å². The lowest BCUT2D eigenvalue weighted by Gasteiger charge is -2.22. The molecule has 0 spiro atoms. The van der Waals surface area contributed by atoms with Crippen molar-refractivity contribution in [2.24, 2.45) is 0 Å².